The van der Waals surface area contributed by atoms with Gasteiger partial charge in [-0.3, -0.25) is 4.79 Å². The van der Waals surface area contributed by atoms with E-state index >= 15 is 0 Å². The van der Waals surface area contributed by atoms with Crippen LogP contribution in [0.4, 0.5) is 0 Å². The zero-order valence-electron chi connectivity index (χ0n) is 14.6. The number of benzene rings is 2. The number of carbonyl (C=O) groups excluding carboxylic acids is 1. The van der Waals surface area contributed by atoms with Crippen LogP contribution in [0.5, 0.6) is 11.5 Å². The minimum atomic E-state index is -0.617. The second kappa shape index (κ2) is 7.73. The molecule has 0 heterocycles. The van der Waals surface area contributed by atoms with Crippen LogP contribution < -0.4 is 4.74 Å². The number of rotatable bonds is 6. The maximum atomic E-state index is 12.4. The van der Waals surface area contributed by atoms with Crippen molar-refractivity contribution in [2.75, 3.05) is 0 Å². The molecular formula is C21H20Cl2O3. The number of alkyl halides is 2. The van der Waals surface area contributed by atoms with Crippen molar-refractivity contribution in [3.8, 4) is 11.5 Å². The standard InChI is InChI=1S/C21H20Cl2O3/c1-21(2)17(12-18(22)23)19(21)20(24)25-13-14-7-6-10-16(11-14)26-15-8-4-3-5-9-15/h3-12,18-19H,13H2,1-2H3/b17-12+. The summed E-state index contributed by atoms with van der Waals surface area (Å²) in [4.78, 5) is 11.8. The Hall–Kier alpha value is -1.97. The van der Waals surface area contributed by atoms with Gasteiger partial charge in [0, 0.05) is 5.41 Å². The van der Waals surface area contributed by atoms with E-state index in [2.05, 4.69) is 0 Å². The van der Waals surface area contributed by atoms with E-state index in [0.29, 0.717) is 5.75 Å². The third kappa shape index (κ3) is 4.40. The Kier molecular flexibility index (Phi) is 5.59. The van der Waals surface area contributed by atoms with E-state index in [1.807, 2.05) is 68.4 Å². The van der Waals surface area contributed by atoms with Crippen LogP contribution in [-0.4, -0.2) is 10.8 Å². The summed E-state index contributed by atoms with van der Waals surface area (Å²) < 4.78 is 11.3. The van der Waals surface area contributed by atoms with Crippen molar-refractivity contribution < 1.29 is 14.3 Å². The number of esters is 1. The largest absolute Gasteiger partial charge is 0.460 e. The van der Waals surface area contributed by atoms with Gasteiger partial charge >= 0.3 is 5.97 Å². The molecule has 0 radical (unpaired) electrons. The minimum Gasteiger partial charge on any atom is -0.460 e. The summed E-state index contributed by atoms with van der Waals surface area (Å²) in [5, 5.41) is 0. The molecule has 2 aromatic rings. The van der Waals surface area contributed by atoms with E-state index in [1.54, 1.807) is 6.08 Å². The topological polar surface area (TPSA) is 35.5 Å². The molecule has 1 fully saturated rings. The van der Waals surface area contributed by atoms with Crippen molar-refractivity contribution in [2.45, 2.75) is 25.3 Å². The molecule has 3 rings (SSSR count). The van der Waals surface area contributed by atoms with E-state index < -0.39 is 4.84 Å². The predicted octanol–water partition coefficient (Wildman–Crippen LogP) is 5.91. The molecule has 5 heteroatoms. The maximum absolute atomic E-state index is 12.4. The lowest BCUT2D eigenvalue weighted by molar-refractivity contribution is -0.147. The fourth-order valence-electron chi connectivity index (χ4n) is 3.01. The highest BCUT2D eigenvalue weighted by Gasteiger charge is 2.57. The Morgan fingerprint density at radius 2 is 1.81 bits per heavy atom. The average molecular weight is 391 g/mol. The van der Waals surface area contributed by atoms with Gasteiger partial charge < -0.3 is 9.47 Å². The summed E-state index contributed by atoms with van der Waals surface area (Å²) in [7, 11) is 0. The number of hydrogen-bond acceptors (Lipinski definition) is 3. The Morgan fingerprint density at radius 1 is 1.12 bits per heavy atom. The maximum Gasteiger partial charge on any atom is 0.314 e. The first-order chi connectivity index (χ1) is 12.4. The van der Waals surface area contributed by atoms with Crippen molar-refractivity contribution in [2.24, 2.45) is 11.3 Å². The summed E-state index contributed by atoms with van der Waals surface area (Å²) >= 11 is 11.6. The van der Waals surface area contributed by atoms with Gasteiger partial charge in [0.2, 0.25) is 0 Å². The molecule has 0 spiro atoms. The van der Waals surface area contributed by atoms with Gasteiger partial charge in [0.1, 0.15) is 22.9 Å². The smallest absolute Gasteiger partial charge is 0.314 e. The first-order valence-corrected chi connectivity index (χ1v) is 9.24. The number of carbonyl (C=O) groups is 1. The highest BCUT2D eigenvalue weighted by Crippen LogP contribution is 2.58. The Balaban J connectivity index is 1.60. The van der Waals surface area contributed by atoms with E-state index in [4.69, 9.17) is 32.7 Å². The summed E-state index contributed by atoms with van der Waals surface area (Å²) in [6, 6.07) is 17.0. The van der Waals surface area contributed by atoms with Gasteiger partial charge in [0.15, 0.2) is 0 Å². The molecule has 0 bridgehead atoms. The molecule has 1 aliphatic carbocycles. The summed E-state index contributed by atoms with van der Waals surface area (Å²) in [5.41, 5.74) is 1.54. The average Bonchev–Trinajstić information content (AvgIpc) is 3.13. The lowest BCUT2D eigenvalue weighted by Gasteiger charge is -2.09. The summed E-state index contributed by atoms with van der Waals surface area (Å²) in [5.74, 6) is 0.910. The fraction of sp³-hybridized carbons (Fsp3) is 0.286. The van der Waals surface area contributed by atoms with E-state index in [9.17, 15) is 4.79 Å². The Morgan fingerprint density at radius 3 is 2.50 bits per heavy atom. The summed E-state index contributed by atoms with van der Waals surface area (Å²) in [6.45, 7) is 4.15. The van der Waals surface area contributed by atoms with Crippen LogP contribution in [0, 0.1) is 11.3 Å². The molecule has 0 N–H and O–H groups in total. The zero-order chi connectivity index (χ0) is 18.7. The molecular weight excluding hydrogens is 371 g/mol. The monoisotopic (exact) mass is 390 g/mol. The normalized spacial score (nSPS) is 19.4. The van der Waals surface area contributed by atoms with Crippen molar-refractivity contribution in [1.82, 2.24) is 0 Å². The fourth-order valence-corrected chi connectivity index (χ4v) is 3.28. The van der Waals surface area contributed by atoms with Gasteiger partial charge in [0.25, 0.3) is 0 Å². The van der Waals surface area contributed by atoms with Crippen molar-refractivity contribution in [1.29, 1.82) is 0 Å². The number of para-hydroxylation sites is 1. The molecule has 0 aromatic heterocycles. The zero-order valence-corrected chi connectivity index (χ0v) is 16.1. The van der Waals surface area contributed by atoms with Crippen molar-refractivity contribution in [3.63, 3.8) is 0 Å². The van der Waals surface area contributed by atoms with Gasteiger partial charge in [-0.25, -0.2) is 0 Å². The van der Waals surface area contributed by atoms with E-state index in [0.717, 1.165) is 16.9 Å². The molecule has 1 unspecified atom stereocenters. The molecule has 136 valence electrons. The van der Waals surface area contributed by atoms with Crippen LogP contribution in [-0.2, 0) is 16.1 Å². The molecule has 3 nitrogen and oxygen atoms in total. The van der Waals surface area contributed by atoms with Crippen LogP contribution in [0.25, 0.3) is 0 Å². The third-order valence-corrected chi connectivity index (χ3v) is 4.75. The van der Waals surface area contributed by atoms with Crippen LogP contribution >= 0.6 is 23.2 Å². The van der Waals surface area contributed by atoms with Gasteiger partial charge in [-0.15, -0.1) is 23.2 Å². The first-order valence-electron chi connectivity index (χ1n) is 8.37. The van der Waals surface area contributed by atoms with Gasteiger partial charge in [-0.05, 0) is 35.4 Å². The van der Waals surface area contributed by atoms with Gasteiger partial charge in [-0.2, -0.15) is 0 Å². The Labute approximate surface area is 163 Å². The third-order valence-electron chi connectivity index (χ3n) is 4.49. The second-order valence-corrected chi connectivity index (χ2v) is 7.95. The highest BCUT2D eigenvalue weighted by atomic mass is 35.5. The molecule has 1 atom stereocenters. The number of halogens is 2. The van der Waals surface area contributed by atoms with Crippen LogP contribution in [0.2, 0.25) is 0 Å². The molecule has 0 aliphatic heterocycles. The molecule has 1 aliphatic rings. The molecule has 1 saturated carbocycles. The molecule has 0 amide bonds. The Bertz CT molecular complexity index is 813. The van der Waals surface area contributed by atoms with Crippen LogP contribution in [0.3, 0.4) is 0 Å². The SMILES string of the molecule is CC1(C)/C(=C/C(Cl)Cl)C1C(=O)OCc1cccc(Oc2ccccc2)c1. The quantitative estimate of drug-likeness (QED) is 0.349. The molecule has 26 heavy (non-hydrogen) atoms. The molecule has 0 saturated heterocycles. The highest BCUT2D eigenvalue weighted by molar-refractivity contribution is 6.45. The van der Waals surface area contributed by atoms with E-state index in [-0.39, 0.29) is 23.9 Å². The number of allylic oxidation sites excluding steroid dienone is 1. The lowest BCUT2D eigenvalue weighted by Crippen LogP contribution is -2.10. The van der Waals surface area contributed by atoms with Crippen molar-refractivity contribution in [3.05, 3.63) is 71.8 Å². The van der Waals surface area contributed by atoms with Gasteiger partial charge in [0.05, 0.1) is 5.92 Å². The van der Waals surface area contributed by atoms with Crippen molar-refractivity contribution >= 4 is 29.2 Å². The lowest BCUT2D eigenvalue weighted by atomic mass is 10.1. The van der Waals surface area contributed by atoms with Crippen LogP contribution in [0.1, 0.15) is 19.4 Å². The van der Waals surface area contributed by atoms with Gasteiger partial charge in [-0.1, -0.05) is 50.3 Å². The first kappa shape index (κ1) is 18.8. The number of hydrogen-bond donors (Lipinski definition) is 0. The second-order valence-electron chi connectivity index (χ2n) is 6.78. The predicted molar refractivity (Wildman–Crippen MR) is 104 cm³/mol. The minimum absolute atomic E-state index is 0.190. The number of ether oxygens (including phenoxy) is 2. The van der Waals surface area contributed by atoms with Crippen LogP contribution in [0.15, 0.2) is 66.2 Å². The van der Waals surface area contributed by atoms with E-state index in [1.165, 1.54) is 0 Å². The summed E-state index contributed by atoms with van der Waals surface area (Å²) in [6.07, 6.45) is 1.71. The molecule has 2 aromatic carbocycles.